The van der Waals surface area contributed by atoms with E-state index in [0.717, 1.165) is 6.07 Å². The number of benzene rings is 2. The molecule has 2 aromatic carbocycles. The Bertz CT molecular complexity index is 681. The van der Waals surface area contributed by atoms with E-state index in [2.05, 4.69) is 0 Å². The summed E-state index contributed by atoms with van der Waals surface area (Å²) in [6.45, 7) is 0. The maximum absolute atomic E-state index is 11.0. The molecule has 0 saturated carbocycles. The van der Waals surface area contributed by atoms with E-state index in [0.29, 0.717) is 11.4 Å². The molecule has 0 aromatic heterocycles. The lowest BCUT2D eigenvalue weighted by Crippen LogP contribution is -2.07. The minimum atomic E-state index is -1.33. The van der Waals surface area contributed by atoms with Crippen LogP contribution in [0.3, 0.4) is 0 Å². The number of carbonyl (C=O) groups is 2. The molecule has 0 spiro atoms. The van der Waals surface area contributed by atoms with Gasteiger partial charge < -0.3 is 20.7 Å². The highest BCUT2D eigenvalue weighted by molar-refractivity contribution is 6.02. The highest BCUT2D eigenvalue weighted by atomic mass is 16.5. The van der Waals surface area contributed by atoms with Gasteiger partial charge in [-0.2, -0.15) is 0 Å². The Balaban J connectivity index is 2.36. The van der Waals surface area contributed by atoms with Crippen LogP contribution in [0.25, 0.3) is 0 Å². The summed E-state index contributed by atoms with van der Waals surface area (Å²) in [5.41, 5.74) is 5.48. The highest BCUT2D eigenvalue weighted by Crippen LogP contribution is 2.25. The predicted octanol–water partition coefficient (Wildman–Crippen LogP) is 2.46. The van der Waals surface area contributed by atoms with Crippen LogP contribution in [0.4, 0.5) is 5.69 Å². The smallest absolute Gasteiger partial charge is 0.336 e. The Kier molecular flexibility index (Phi) is 3.56. The third-order valence-electron chi connectivity index (χ3n) is 2.55. The molecule has 2 aromatic rings. The maximum atomic E-state index is 11.0. The van der Waals surface area contributed by atoms with Crippen LogP contribution in [0.5, 0.6) is 11.5 Å². The molecular weight excluding hydrogens is 262 g/mol. The lowest BCUT2D eigenvalue weighted by Gasteiger charge is -2.08. The number of rotatable bonds is 4. The van der Waals surface area contributed by atoms with E-state index in [1.165, 1.54) is 12.1 Å². The van der Waals surface area contributed by atoms with Crippen molar-refractivity contribution in [3.63, 3.8) is 0 Å². The van der Waals surface area contributed by atoms with Crippen molar-refractivity contribution >= 4 is 17.6 Å². The van der Waals surface area contributed by atoms with E-state index in [1.54, 1.807) is 24.3 Å². The summed E-state index contributed by atoms with van der Waals surface area (Å²) in [5.74, 6) is -1.99. The molecule has 0 fully saturated rings. The minimum Gasteiger partial charge on any atom is -0.478 e. The number of anilines is 1. The number of carboxylic acids is 2. The molecular formula is C14H11NO5. The quantitative estimate of drug-likeness (QED) is 0.738. The summed E-state index contributed by atoms with van der Waals surface area (Å²) >= 11 is 0. The third-order valence-corrected chi connectivity index (χ3v) is 2.55. The van der Waals surface area contributed by atoms with Crippen molar-refractivity contribution in [2.24, 2.45) is 0 Å². The molecule has 0 saturated heterocycles. The predicted molar refractivity (Wildman–Crippen MR) is 71.3 cm³/mol. The molecule has 0 heterocycles. The van der Waals surface area contributed by atoms with Gasteiger partial charge in [-0.3, -0.25) is 0 Å². The van der Waals surface area contributed by atoms with Gasteiger partial charge >= 0.3 is 11.9 Å². The second-order valence-corrected chi connectivity index (χ2v) is 3.99. The fourth-order valence-electron chi connectivity index (χ4n) is 1.66. The molecule has 6 heteroatoms. The van der Waals surface area contributed by atoms with Crippen molar-refractivity contribution in [3.05, 3.63) is 53.6 Å². The molecule has 0 radical (unpaired) electrons. The summed E-state index contributed by atoms with van der Waals surface area (Å²) in [5, 5.41) is 17.9. The summed E-state index contributed by atoms with van der Waals surface area (Å²) in [7, 11) is 0. The SMILES string of the molecule is Nc1cccc(Oc2ccc(C(=O)O)c(C(=O)O)c2)c1. The molecule has 20 heavy (non-hydrogen) atoms. The van der Waals surface area contributed by atoms with E-state index in [1.807, 2.05) is 0 Å². The van der Waals surface area contributed by atoms with Crippen LogP contribution in [0.1, 0.15) is 20.7 Å². The zero-order valence-electron chi connectivity index (χ0n) is 10.2. The molecule has 0 unspecified atom stereocenters. The van der Waals surface area contributed by atoms with E-state index in [4.69, 9.17) is 20.7 Å². The Labute approximate surface area is 114 Å². The fourth-order valence-corrected chi connectivity index (χ4v) is 1.66. The topological polar surface area (TPSA) is 110 Å². The van der Waals surface area contributed by atoms with Crippen LogP contribution in [-0.4, -0.2) is 22.2 Å². The zero-order chi connectivity index (χ0) is 14.7. The Morgan fingerprint density at radius 1 is 0.900 bits per heavy atom. The zero-order valence-corrected chi connectivity index (χ0v) is 10.2. The summed E-state index contributed by atoms with van der Waals surface area (Å²) in [4.78, 5) is 22.0. The standard InChI is InChI=1S/C14H11NO5/c15-8-2-1-3-9(6-8)20-10-4-5-11(13(16)17)12(7-10)14(18)19/h1-7H,15H2,(H,16,17)(H,18,19). The van der Waals surface area contributed by atoms with Crippen LogP contribution in [0, 0.1) is 0 Å². The number of ether oxygens (including phenoxy) is 1. The van der Waals surface area contributed by atoms with Gasteiger partial charge in [-0.15, -0.1) is 0 Å². The Hall–Kier alpha value is -3.02. The van der Waals surface area contributed by atoms with Gasteiger partial charge in [0.05, 0.1) is 11.1 Å². The fraction of sp³-hybridized carbons (Fsp3) is 0. The second kappa shape index (κ2) is 5.31. The molecule has 0 atom stereocenters. The number of carboxylic acid groups (broad SMARTS) is 2. The normalized spacial score (nSPS) is 10.0. The minimum absolute atomic E-state index is 0.220. The number of hydrogen-bond acceptors (Lipinski definition) is 4. The molecule has 4 N–H and O–H groups in total. The molecule has 6 nitrogen and oxygen atoms in total. The first kappa shape index (κ1) is 13.4. The van der Waals surface area contributed by atoms with Crippen molar-refractivity contribution in [2.45, 2.75) is 0 Å². The van der Waals surface area contributed by atoms with E-state index >= 15 is 0 Å². The molecule has 0 bridgehead atoms. The lowest BCUT2D eigenvalue weighted by atomic mass is 10.1. The van der Waals surface area contributed by atoms with Crippen molar-refractivity contribution in [2.75, 3.05) is 5.73 Å². The van der Waals surface area contributed by atoms with Gasteiger partial charge in [-0.1, -0.05) is 6.07 Å². The summed E-state index contributed by atoms with van der Waals surface area (Å²) in [6, 6.07) is 10.3. The van der Waals surface area contributed by atoms with Gasteiger partial charge in [0.25, 0.3) is 0 Å². The highest BCUT2D eigenvalue weighted by Gasteiger charge is 2.17. The Morgan fingerprint density at radius 3 is 2.15 bits per heavy atom. The first-order valence-electron chi connectivity index (χ1n) is 5.61. The molecule has 2 rings (SSSR count). The van der Waals surface area contributed by atoms with Gasteiger partial charge in [0, 0.05) is 11.8 Å². The van der Waals surface area contributed by atoms with Crippen LogP contribution in [0.15, 0.2) is 42.5 Å². The van der Waals surface area contributed by atoms with Gasteiger partial charge in [0.1, 0.15) is 11.5 Å². The maximum Gasteiger partial charge on any atom is 0.336 e. The van der Waals surface area contributed by atoms with Gasteiger partial charge in [-0.05, 0) is 30.3 Å². The Morgan fingerprint density at radius 2 is 1.55 bits per heavy atom. The number of hydrogen-bond donors (Lipinski definition) is 3. The third kappa shape index (κ3) is 2.86. The number of aromatic carboxylic acids is 2. The molecule has 0 aliphatic heterocycles. The van der Waals surface area contributed by atoms with Gasteiger partial charge in [-0.25, -0.2) is 9.59 Å². The van der Waals surface area contributed by atoms with Crippen LogP contribution in [-0.2, 0) is 0 Å². The van der Waals surface area contributed by atoms with Crippen molar-refractivity contribution < 1.29 is 24.5 Å². The molecule has 0 aliphatic carbocycles. The van der Waals surface area contributed by atoms with Crippen LogP contribution in [0.2, 0.25) is 0 Å². The average Bonchev–Trinajstić information content (AvgIpc) is 2.38. The average molecular weight is 273 g/mol. The summed E-state index contributed by atoms with van der Waals surface area (Å²) in [6.07, 6.45) is 0. The first-order valence-corrected chi connectivity index (χ1v) is 5.61. The first-order chi connectivity index (χ1) is 9.47. The van der Waals surface area contributed by atoms with Crippen LogP contribution < -0.4 is 10.5 Å². The van der Waals surface area contributed by atoms with E-state index in [9.17, 15) is 9.59 Å². The summed E-state index contributed by atoms with van der Waals surface area (Å²) < 4.78 is 5.45. The largest absolute Gasteiger partial charge is 0.478 e. The van der Waals surface area contributed by atoms with Crippen molar-refractivity contribution in [3.8, 4) is 11.5 Å². The monoisotopic (exact) mass is 273 g/mol. The number of nitrogens with two attached hydrogens (primary N) is 1. The molecule has 0 aliphatic rings. The molecule has 102 valence electrons. The second-order valence-electron chi connectivity index (χ2n) is 3.99. The van der Waals surface area contributed by atoms with Gasteiger partial charge in [0.15, 0.2) is 0 Å². The van der Waals surface area contributed by atoms with Gasteiger partial charge in [0.2, 0.25) is 0 Å². The van der Waals surface area contributed by atoms with Crippen molar-refractivity contribution in [1.82, 2.24) is 0 Å². The van der Waals surface area contributed by atoms with E-state index < -0.39 is 11.9 Å². The number of nitrogen functional groups attached to an aromatic ring is 1. The van der Waals surface area contributed by atoms with Crippen LogP contribution >= 0.6 is 0 Å². The van der Waals surface area contributed by atoms with E-state index in [-0.39, 0.29) is 16.9 Å². The molecule has 0 amide bonds. The van der Waals surface area contributed by atoms with Crippen molar-refractivity contribution in [1.29, 1.82) is 0 Å². The lowest BCUT2D eigenvalue weighted by molar-refractivity contribution is 0.0651.